The number of hydrogen-bond donors (Lipinski definition) is 2. The van der Waals surface area contributed by atoms with E-state index < -0.39 is 12.3 Å². The van der Waals surface area contributed by atoms with Crippen molar-refractivity contribution in [1.29, 1.82) is 0 Å². The van der Waals surface area contributed by atoms with Crippen LogP contribution in [-0.4, -0.2) is 53.7 Å². The molecule has 0 radical (unpaired) electrons. The number of nitrogens with zero attached hydrogens (tertiary/aromatic N) is 5. The van der Waals surface area contributed by atoms with Crippen molar-refractivity contribution in [3.05, 3.63) is 43.1 Å². The number of rotatable bonds is 4. The highest BCUT2D eigenvalue weighted by Gasteiger charge is 2.48. The number of imidazole rings is 1. The number of alkyl halides is 1. The lowest BCUT2D eigenvalue weighted by Gasteiger charge is -2.50. The largest absolute Gasteiger partial charge is 0.507 e. The molecule has 9 heteroatoms. The highest BCUT2D eigenvalue weighted by atomic mass is 19.1. The third-order valence-electron chi connectivity index (χ3n) is 6.22. The van der Waals surface area contributed by atoms with Gasteiger partial charge in [0, 0.05) is 36.5 Å². The van der Waals surface area contributed by atoms with E-state index in [-0.39, 0.29) is 29.0 Å². The maximum absolute atomic E-state index is 15.0. The number of aromatic nitrogens is 5. The van der Waals surface area contributed by atoms with Gasteiger partial charge in [-0.3, -0.25) is 0 Å². The van der Waals surface area contributed by atoms with Crippen molar-refractivity contribution in [2.45, 2.75) is 57.0 Å². The molecular formula is C22H25FN6O2. The Morgan fingerprint density at radius 2 is 2.16 bits per heavy atom. The number of fused-ring (bicyclic) bond motifs is 2. The number of aromatic hydroxyl groups is 1. The normalized spacial score (nSPS) is 30.2. The molecule has 31 heavy (non-hydrogen) atoms. The minimum Gasteiger partial charge on any atom is -0.507 e. The minimum atomic E-state index is -1.11. The molecule has 2 saturated heterocycles. The van der Waals surface area contributed by atoms with Gasteiger partial charge in [0.15, 0.2) is 12.0 Å². The first-order valence-corrected chi connectivity index (χ1v) is 10.5. The van der Waals surface area contributed by atoms with Crippen molar-refractivity contribution < 1.29 is 14.2 Å². The zero-order valence-electron chi connectivity index (χ0n) is 17.4. The summed E-state index contributed by atoms with van der Waals surface area (Å²) in [5, 5.41) is 22.0. The average molecular weight is 424 g/mol. The van der Waals surface area contributed by atoms with E-state index in [2.05, 4.69) is 39.3 Å². The number of nitrogens with one attached hydrogen (secondary N) is 1. The van der Waals surface area contributed by atoms with Crippen molar-refractivity contribution >= 4 is 0 Å². The minimum absolute atomic E-state index is 0.0266. The molecular weight excluding hydrogens is 399 g/mol. The first-order valence-electron chi connectivity index (χ1n) is 10.5. The van der Waals surface area contributed by atoms with E-state index in [1.54, 1.807) is 35.4 Å². The smallest absolute Gasteiger partial charge is 0.252 e. The number of phenolic OH excluding ortho intramolecular Hbond substituents is 1. The third-order valence-corrected chi connectivity index (χ3v) is 6.22. The Balaban J connectivity index is 1.32. The van der Waals surface area contributed by atoms with Gasteiger partial charge < -0.3 is 19.7 Å². The second kappa shape index (κ2) is 7.56. The highest BCUT2D eigenvalue weighted by Crippen LogP contribution is 2.39. The number of piperidine rings is 2. The van der Waals surface area contributed by atoms with Crippen LogP contribution in [0.25, 0.3) is 17.1 Å². The lowest BCUT2D eigenvalue weighted by atomic mass is 9.71. The van der Waals surface area contributed by atoms with E-state index in [1.807, 2.05) is 6.07 Å². The summed E-state index contributed by atoms with van der Waals surface area (Å²) < 4.78 is 22.7. The summed E-state index contributed by atoms with van der Waals surface area (Å²) in [7, 11) is 0. The number of ether oxygens (including phenoxy) is 1. The maximum Gasteiger partial charge on any atom is 0.252 e. The molecule has 0 saturated carbocycles. The van der Waals surface area contributed by atoms with Crippen LogP contribution in [0.15, 0.2) is 43.1 Å². The molecule has 2 fully saturated rings. The molecule has 1 aromatic carbocycles. The van der Waals surface area contributed by atoms with Gasteiger partial charge in [-0.2, -0.15) is 0 Å². The van der Waals surface area contributed by atoms with Crippen LogP contribution in [0, 0.1) is 5.92 Å². The van der Waals surface area contributed by atoms with Gasteiger partial charge in [0.2, 0.25) is 0 Å². The lowest BCUT2D eigenvalue weighted by molar-refractivity contribution is -0.0340. The number of hydrogen-bond acceptors (Lipinski definition) is 7. The Labute approximate surface area is 179 Å². The van der Waals surface area contributed by atoms with Crippen molar-refractivity contribution in [3.8, 4) is 28.7 Å². The topological polar surface area (TPSA) is 98.0 Å². The highest BCUT2D eigenvalue weighted by molar-refractivity contribution is 5.65. The average Bonchev–Trinajstić information content (AvgIpc) is 3.27. The Morgan fingerprint density at radius 1 is 1.29 bits per heavy atom. The first-order chi connectivity index (χ1) is 14.9. The molecule has 4 heterocycles. The molecule has 162 valence electrons. The van der Waals surface area contributed by atoms with Crippen LogP contribution in [-0.2, 0) is 0 Å². The van der Waals surface area contributed by atoms with Gasteiger partial charge in [0.25, 0.3) is 5.88 Å². The van der Waals surface area contributed by atoms with E-state index >= 15 is 4.39 Å². The van der Waals surface area contributed by atoms with Crippen molar-refractivity contribution in [1.82, 2.24) is 30.0 Å². The van der Waals surface area contributed by atoms with Crippen LogP contribution in [0.3, 0.4) is 0 Å². The van der Waals surface area contributed by atoms with Crippen LogP contribution >= 0.6 is 0 Å². The summed E-state index contributed by atoms with van der Waals surface area (Å²) >= 11 is 0. The number of halogens is 1. The van der Waals surface area contributed by atoms with Gasteiger partial charge in [-0.15, -0.1) is 10.2 Å². The van der Waals surface area contributed by atoms with Gasteiger partial charge in [-0.1, -0.05) is 6.92 Å². The Morgan fingerprint density at radius 3 is 2.87 bits per heavy atom. The second-order valence-electron chi connectivity index (χ2n) is 8.95. The van der Waals surface area contributed by atoms with E-state index in [0.29, 0.717) is 17.9 Å². The SMILES string of the molecule is C[C@H]1CC2N[C@@](C)(C1)C[C@H](Oc1cnc(-c3ccc(-n4ccnc4)cc3O)nn1)[C@H]2F. The summed E-state index contributed by atoms with van der Waals surface area (Å²) in [5.74, 6) is 0.965. The standard InChI is InChI=1S/C22H25FN6O2/c1-13-7-16-20(23)18(10-22(2,9-13)26-16)31-19-11-25-21(28-27-19)15-4-3-14(8-17(15)30)29-6-5-24-12-29/h3-6,8,11-13,16,18,20,26,30H,7,9-10H2,1-2H3/t13-,16?,18-,20-,22-/m0/s1. The molecule has 2 N–H and O–H groups in total. The summed E-state index contributed by atoms with van der Waals surface area (Å²) in [4.78, 5) is 8.28. The molecule has 0 aliphatic carbocycles. The van der Waals surface area contributed by atoms with Crippen LogP contribution in [0.2, 0.25) is 0 Å². The molecule has 0 spiro atoms. The van der Waals surface area contributed by atoms with Crippen molar-refractivity contribution in [2.24, 2.45) is 5.92 Å². The molecule has 2 aliphatic heterocycles. The third kappa shape index (κ3) is 3.85. The second-order valence-corrected chi connectivity index (χ2v) is 8.95. The molecule has 2 aliphatic rings. The molecule has 1 unspecified atom stereocenters. The van der Waals surface area contributed by atoms with Crippen LogP contribution in [0.1, 0.15) is 33.1 Å². The fourth-order valence-electron chi connectivity index (χ4n) is 5.00. The number of phenols is 1. The molecule has 2 bridgehead atoms. The quantitative estimate of drug-likeness (QED) is 0.664. The molecule has 0 amide bonds. The van der Waals surface area contributed by atoms with E-state index in [1.165, 1.54) is 6.20 Å². The summed E-state index contributed by atoms with van der Waals surface area (Å²) in [6, 6.07) is 4.94. The zero-order chi connectivity index (χ0) is 21.6. The van der Waals surface area contributed by atoms with Crippen LogP contribution in [0.4, 0.5) is 4.39 Å². The van der Waals surface area contributed by atoms with Crippen LogP contribution in [0.5, 0.6) is 11.6 Å². The molecule has 2 aromatic heterocycles. The van der Waals surface area contributed by atoms with Crippen molar-refractivity contribution in [3.63, 3.8) is 0 Å². The Kier molecular flexibility index (Phi) is 4.85. The molecule has 8 nitrogen and oxygen atoms in total. The van der Waals surface area contributed by atoms with Gasteiger partial charge in [-0.05, 0) is 37.8 Å². The van der Waals surface area contributed by atoms with E-state index in [4.69, 9.17) is 4.74 Å². The summed E-state index contributed by atoms with van der Waals surface area (Å²) in [5.41, 5.74) is 1.07. The maximum atomic E-state index is 15.0. The first kappa shape index (κ1) is 19.9. The van der Waals surface area contributed by atoms with Gasteiger partial charge in [0.1, 0.15) is 11.9 Å². The fourth-order valence-corrected chi connectivity index (χ4v) is 5.00. The van der Waals surface area contributed by atoms with Gasteiger partial charge in [-0.25, -0.2) is 14.4 Å². The van der Waals surface area contributed by atoms with E-state index in [0.717, 1.165) is 18.5 Å². The van der Waals surface area contributed by atoms with E-state index in [9.17, 15) is 5.11 Å². The fraction of sp³-hybridized carbons (Fsp3) is 0.455. The molecule has 5 atom stereocenters. The molecule has 3 aromatic rings. The summed E-state index contributed by atoms with van der Waals surface area (Å²) in [6.07, 6.45) is 7.18. The van der Waals surface area contributed by atoms with Crippen molar-refractivity contribution in [2.75, 3.05) is 0 Å². The lowest BCUT2D eigenvalue weighted by Crippen LogP contribution is -2.66. The predicted molar refractivity (Wildman–Crippen MR) is 112 cm³/mol. The Bertz CT molecular complexity index is 1060. The molecule has 5 rings (SSSR count). The monoisotopic (exact) mass is 424 g/mol. The predicted octanol–water partition coefficient (Wildman–Crippen LogP) is 3.07. The van der Waals surface area contributed by atoms with Gasteiger partial charge >= 0.3 is 0 Å². The summed E-state index contributed by atoms with van der Waals surface area (Å²) in [6.45, 7) is 4.30. The van der Waals surface area contributed by atoms with Gasteiger partial charge in [0.05, 0.1) is 23.8 Å². The Hall–Kier alpha value is -3.07. The number of benzene rings is 1. The van der Waals surface area contributed by atoms with Crippen LogP contribution < -0.4 is 10.1 Å². The zero-order valence-corrected chi connectivity index (χ0v) is 17.4.